The first kappa shape index (κ1) is 20.1. The molecule has 2 aromatic rings. The minimum absolute atomic E-state index is 0.111. The first-order chi connectivity index (χ1) is 12.1. The third-order valence-corrected chi connectivity index (χ3v) is 3.47. The smallest absolute Gasteiger partial charge is 0.422 e. The van der Waals surface area contributed by atoms with Crippen molar-refractivity contribution in [3.8, 4) is 5.75 Å². The number of halogens is 6. The van der Waals surface area contributed by atoms with Crippen LogP contribution in [0.4, 0.5) is 26.3 Å². The molecule has 0 bridgehead atoms. The monoisotopic (exact) mass is 377 g/mol. The molecule has 2 aromatic carbocycles. The zero-order valence-electron chi connectivity index (χ0n) is 13.6. The third-order valence-electron chi connectivity index (χ3n) is 3.47. The van der Waals surface area contributed by atoms with Crippen molar-refractivity contribution in [2.24, 2.45) is 0 Å². The lowest BCUT2D eigenvalue weighted by Crippen LogP contribution is -2.19. The number of rotatable bonds is 7. The molecule has 0 atom stereocenters. The van der Waals surface area contributed by atoms with Gasteiger partial charge in [0.2, 0.25) is 0 Å². The van der Waals surface area contributed by atoms with Gasteiger partial charge >= 0.3 is 12.4 Å². The summed E-state index contributed by atoms with van der Waals surface area (Å²) in [6.45, 7) is -0.573. The van der Waals surface area contributed by atoms with Gasteiger partial charge in [-0.2, -0.15) is 26.3 Å². The minimum atomic E-state index is -4.40. The number of hydrogen-bond acceptors (Lipinski definition) is 2. The Balaban J connectivity index is 1.81. The Hall–Kier alpha value is -2.22. The van der Waals surface area contributed by atoms with E-state index >= 15 is 0 Å². The van der Waals surface area contributed by atoms with Crippen molar-refractivity contribution in [2.75, 3.05) is 13.2 Å². The lowest BCUT2D eigenvalue weighted by molar-refractivity contribution is -0.153. The van der Waals surface area contributed by atoms with Gasteiger partial charge in [-0.3, -0.25) is 0 Å². The topological polar surface area (TPSA) is 21.3 Å². The number of hydrogen-bond donors (Lipinski definition) is 1. The van der Waals surface area contributed by atoms with Crippen LogP contribution in [0.2, 0.25) is 0 Å². The van der Waals surface area contributed by atoms with Crippen LogP contribution in [-0.4, -0.2) is 19.3 Å². The molecule has 26 heavy (non-hydrogen) atoms. The van der Waals surface area contributed by atoms with E-state index in [1.54, 1.807) is 18.2 Å². The molecule has 0 aliphatic heterocycles. The summed E-state index contributed by atoms with van der Waals surface area (Å²) in [5, 5.41) is 3.05. The second kappa shape index (κ2) is 8.44. The molecule has 0 fully saturated rings. The fraction of sp³-hybridized carbons (Fsp3) is 0.333. The first-order valence-corrected chi connectivity index (χ1v) is 7.79. The molecule has 0 aliphatic rings. The Morgan fingerprint density at radius 2 is 1.54 bits per heavy atom. The van der Waals surface area contributed by atoms with Crippen molar-refractivity contribution < 1.29 is 31.1 Å². The summed E-state index contributed by atoms with van der Waals surface area (Å²) in [6.07, 6.45) is -8.38. The molecule has 0 aromatic heterocycles. The summed E-state index contributed by atoms with van der Waals surface area (Å²) in [7, 11) is 0. The molecule has 0 spiro atoms. The molecule has 0 saturated heterocycles. The molecule has 8 heteroatoms. The van der Waals surface area contributed by atoms with E-state index < -0.39 is 24.5 Å². The van der Waals surface area contributed by atoms with E-state index in [1.807, 2.05) is 0 Å². The lowest BCUT2D eigenvalue weighted by Gasteiger charge is -2.11. The molecule has 2 rings (SSSR count). The van der Waals surface area contributed by atoms with Gasteiger partial charge in [0, 0.05) is 6.54 Å². The summed E-state index contributed by atoms with van der Waals surface area (Å²) in [5.41, 5.74) is 0.577. The molecular weight excluding hydrogens is 360 g/mol. The van der Waals surface area contributed by atoms with Crippen molar-refractivity contribution in [3.05, 3.63) is 65.2 Å². The molecule has 0 saturated carbocycles. The summed E-state index contributed by atoms with van der Waals surface area (Å²) in [5.74, 6) is 0.111. The Labute approximate surface area is 146 Å². The Morgan fingerprint density at radius 3 is 2.23 bits per heavy atom. The predicted molar refractivity (Wildman–Crippen MR) is 84.8 cm³/mol. The molecular formula is C18H17F6NO. The summed E-state index contributed by atoms with van der Waals surface area (Å²) in [4.78, 5) is 0. The van der Waals surface area contributed by atoms with Crippen LogP contribution in [0.5, 0.6) is 5.75 Å². The summed E-state index contributed by atoms with van der Waals surface area (Å²) >= 11 is 0. The highest BCUT2D eigenvalue weighted by molar-refractivity contribution is 5.29. The highest BCUT2D eigenvalue weighted by Gasteiger charge is 2.30. The highest BCUT2D eigenvalue weighted by atomic mass is 19.4. The van der Waals surface area contributed by atoms with Crippen molar-refractivity contribution in [3.63, 3.8) is 0 Å². The molecule has 1 N–H and O–H groups in total. The zero-order valence-corrected chi connectivity index (χ0v) is 13.6. The van der Waals surface area contributed by atoms with E-state index in [-0.39, 0.29) is 5.75 Å². The average molecular weight is 377 g/mol. The highest BCUT2D eigenvalue weighted by Crippen LogP contribution is 2.29. The number of ether oxygens (including phenoxy) is 1. The van der Waals surface area contributed by atoms with Crippen LogP contribution < -0.4 is 10.1 Å². The van der Waals surface area contributed by atoms with Crippen LogP contribution in [0.3, 0.4) is 0 Å². The van der Waals surface area contributed by atoms with Gasteiger partial charge in [-0.05, 0) is 42.3 Å². The molecule has 0 unspecified atom stereocenters. The standard InChI is InChI=1S/C18H17F6NO/c19-17(20,21)12-26-16-6-2-4-14(10-16)11-25-8-7-13-3-1-5-15(9-13)18(22,23)24/h1-6,9-10,25H,7-8,11-12H2. The number of benzene rings is 2. The van der Waals surface area contributed by atoms with Gasteiger partial charge in [-0.1, -0.05) is 30.3 Å². The van der Waals surface area contributed by atoms with Crippen LogP contribution in [0.1, 0.15) is 16.7 Å². The molecule has 142 valence electrons. The summed E-state index contributed by atoms with van der Waals surface area (Å²) < 4.78 is 79.1. The van der Waals surface area contributed by atoms with E-state index in [2.05, 4.69) is 10.1 Å². The van der Waals surface area contributed by atoms with Crippen LogP contribution in [0, 0.1) is 0 Å². The van der Waals surface area contributed by atoms with Gasteiger partial charge in [0.25, 0.3) is 0 Å². The van der Waals surface area contributed by atoms with Crippen molar-refractivity contribution in [1.82, 2.24) is 5.32 Å². The SMILES string of the molecule is FC(F)(F)COc1cccc(CNCCc2cccc(C(F)(F)F)c2)c1. The summed E-state index contributed by atoms with van der Waals surface area (Å²) in [6, 6.07) is 11.3. The van der Waals surface area contributed by atoms with E-state index in [0.717, 1.165) is 12.1 Å². The van der Waals surface area contributed by atoms with Gasteiger partial charge in [-0.25, -0.2) is 0 Å². The normalized spacial score (nSPS) is 12.2. The number of alkyl halides is 6. The van der Waals surface area contributed by atoms with Gasteiger partial charge in [-0.15, -0.1) is 0 Å². The maximum absolute atomic E-state index is 12.7. The maximum atomic E-state index is 12.7. The molecule has 0 radical (unpaired) electrons. The molecule has 0 amide bonds. The van der Waals surface area contributed by atoms with E-state index in [9.17, 15) is 26.3 Å². The van der Waals surface area contributed by atoms with E-state index in [0.29, 0.717) is 30.6 Å². The van der Waals surface area contributed by atoms with Crippen LogP contribution in [-0.2, 0) is 19.1 Å². The van der Waals surface area contributed by atoms with Crippen molar-refractivity contribution in [1.29, 1.82) is 0 Å². The first-order valence-electron chi connectivity index (χ1n) is 7.79. The quantitative estimate of drug-likeness (QED) is 0.543. The fourth-order valence-electron chi connectivity index (χ4n) is 2.28. The largest absolute Gasteiger partial charge is 0.484 e. The molecule has 2 nitrogen and oxygen atoms in total. The number of nitrogens with one attached hydrogen (secondary N) is 1. The van der Waals surface area contributed by atoms with Crippen molar-refractivity contribution in [2.45, 2.75) is 25.3 Å². The second-order valence-electron chi connectivity index (χ2n) is 5.68. The van der Waals surface area contributed by atoms with Gasteiger partial charge in [0.15, 0.2) is 6.61 Å². The molecule has 0 heterocycles. The van der Waals surface area contributed by atoms with Crippen LogP contribution in [0.25, 0.3) is 0 Å². The van der Waals surface area contributed by atoms with Gasteiger partial charge < -0.3 is 10.1 Å². The Bertz CT molecular complexity index is 711. The zero-order chi connectivity index (χ0) is 19.2. The average Bonchev–Trinajstić information content (AvgIpc) is 2.56. The fourth-order valence-corrected chi connectivity index (χ4v) is 2.28. The maximum Gasteiger partial charge on any atom is 0.422 e. The van der Waals surface area contributed by atoms with Gasteiger partial charge in [0.05, 0.1) is 5.56 Å². The van der Waals surface area contributed by atoms with Crippen LogP contribution in [0.15, 0.2) is 48.5 Å². The Morgan fingerprint density at radius 1 is 0.846 bits per heavy atom. The van der Waals surface area contributed by atoms with Crippen LogP contribution >= 0.6 is 0 Å². The van der Waals surface area contributed by atoms with Gasteiger partial charge in [0.1, 0.15) is 5.75 Å². The lowest BCUT2D eigenvalue weighted by atomic mass is 10.1. The minimum Gasteiger partial charge on any atom is -0.484 e. The molecule has 0 aliphatic carbocycles. The predicted octanol–water partition coefficient (Wildman–Crippen LogP) is 4.98. The Kier molecular flexibility index (Phi) is 6.52. The van der Waals surface area contributed by atoms with E-state index in [1.165, 1.54) is 18.2 Å². The second-order valence-corrected chi connectivity index (χ2v) is 5.68. The van der Waals surface area contributed by atoms with E-state index in [4.69, 9.17) is 0 Å². The third kappa shape index (κ3) is 6.95. The van der Waals surface area contributed by atoms with Crippen molar-refractivity contribution >= 4 is 0 Å².